The van der Waals surface area contributed by atoms with E-state index in [0.29, 0.717) is 6.42 Å². The number of amides is 1. The van der Waals surface area contributed by atoms with E-state index in [1.54, 1.807) is 22.7 Å². The van der Waals surface area contributed by atoms with Crippen LogP contribution in [0, 0.1) is 0 Å². The zero-order valence-electron chi connectivity index (χ0n) is 12.7. The van der Waals surface area contributed by atoms with Crippen molar-refractivity contribution in [2.24, 2.45) is 0 Å². The molecule has 0 saturated heterocycles. The third-order valence-corrected chi connectivity index (χ3v) is 6.02. The number of para-hydroxylation sites is 1. The van der Waals surface area contributed by atoms with E-state index in [0.717, 1.165) is 27.7 Å². The number of thiophene rings is 1. The molecular weight excluding hydrogens is 324 g/mol. The molecule has 3 nitrogen and oxygen atoms in total. The number of aromatic nitrogens is 1. The minimum absolute atomic E-state index is 0.130. The standard InChI is InChI=1S/C18H16N2OS2/c1-12-9-13-5-2-3-6-15(13)20(12)17(21)10-14-11-23-18(19-14)16-7-4-8-22-16/h2-8,11-12H,9-10H2,1H3. The highest BCUT2D eigenvalue weighted by molar-refractivity contribution is 7.20. The summed E-state index contributed by atoms with van der Waals surface area (Å²) >= 11 is 3.28. The van der Waals surface area contributed by atoms with Gasteiger partial charge in [-0.3, -0.25) is 4.79 Å². The van der Waals surface area contributed by atoms with E-state index < -0.39 is 0 Å². The summed E-state index contributed by atoms with van der Waals surface area (Å²) < 4.78 is 0. The van der Waals surface area contributed by atoms with E-state index >= 15 is 0 Å². The van der Waals surface area contributed by atoms with Crippen LogP contribution in [-0.4, -0.2) is 16.9 Å². The molecular formula is C18H16N2OS2. The average Bonchev–Trinajstić information content (AvgIpc) is 3.25. The van der Waals surface area contributed by atoms with Crippen molar-refractivity contribution in [3.8, 4) is 9.88 Å². The number of hydrogen-bond acceptors (Lipinski definition) is 4. The minimum Gasteiger partial charge on any atom is -0.309 e. The molecule has 5 heteroatoms. The second-order valence-electron chi connectivity index (χ2n) is 5.74. The zero-order chi connectivity index (χ0) is 15.8. The van der Waals surface area contributed by atoms with Gasteiger partial charge in [0.05, 0.1) is 17.0 Å². The van der Waals surface area contributed by atoms with Crippen LogP contribution in [0.15, 0.2) is 47.2 Å². The number of anilines is 1. The highest BCUT2D eigenvalue weighted by atomic mass is 32.1. The smallest absolute Gasteiger partial charge is 0.233 e. The fourth-order valence-corrected chi connectivity index (χ4v) is 4.72. The molecule has 2 aromatic heterocycles. The van der Waals surface area contributed by atoms with Gasteiger partial charge in [0, 0.05) is 17.1 Å². The first kappa shape index (κ1) is 14.6. The second-order valence-corrected chi connectivity index (χ2v) is 7.55. The maximum Gasteiger partial charge on any atom is 0.233 e. The first-order chi connectivity index (χ1) is 11.2. The molecule has 3 heterocycles. The number of thiazole rings is 1. The number of benzene rings is 1. The number of carbonyl (C=O) groups excluding carboxylic acids is 1. The van der Waals surface area contributed by atoms with Crippen LogP contribution in [0.5, 0.6) is 0 Å². The number of hydrogen-bond donors (Lipinski definition) is 0. The molecule has 0 bridgehead atoms. The SMILES string of the molecule is CC1Cc2ccccc2N1C(=O)Cc1csc(-c2cccs2)n1. The van der Waals surface area contributed by atoms with E-state index in [1.165, 1.54) is 5.56 Å². The first-order valence-electron chi connectivity index (χ1n) is 7.60. The Bertz CT molecular complexity index is 838. The zero-order valence-corrected chi connectivity index (χ0v) is 14.4. The van der Waals surface area contributed by atoms with Gasteiger partial charge >= 0.3 is 0 Å². The quantitative estimate of drug-likeness (QED) is 0.708. The van der Waals surface area contributed by atoms with Crippen LogP contribution in [0.3, 0.4) is 0 Å². The maximum atomic E-state index is 12.8. The van der Waals surface area contributed by atoms with Crippen LogP contribution in [0.1, 0.15) is 18.2 Å². The summed E-state index contributed by atoms with van der Waals surface area (Å²) in [5.41, 5.74) is 3.17. The van der Waals surface area contributed by atoms with E-state index in [2.05, 4.69) is 24.0 Å². The Morgan fingerprint density at radius 1 is 1.26 bits per heavy atom. The number of fused-ring (bicyclic) bond motifs is 1. The lowest BCUT2D eigenvalue weighted by Gasteiger charge is -2.22. The second kappa shape index (κ2) is 5.91. The summed E-state index contributed by atoms with van der Waals surface area (Å²) in [6.07, 6.45) is 1.29. The maximum absolute atomic E-state index is 12.8. The van der Waals surface area contributed by atoms with Gasteiger partial charge in [-0.15, -0.1) is 22.7 Å². The van der Waals surface area contributed by atoms with Crippen LogP contribution < -0.4 is 4.90 Å². The Balaban J connectivity index is 1.55. The summed E-state index contributed by atoms with van der Waals surface area (Å²) in [5, 5.41) is 5.04. The van der Waals surface area contributed by atoms with Crippen molar-refractivity contribution in [1.82, 2.24) is 4.98 Å². The summed E-state index contributed by atoms with van der Waals surface area (Å²) in [7, 11) is 0. The molecule has 0 aliphatic carbocycles. The van der Waals surface area contributed by atoms with Gasteiger partial charge in [-0.05, 0) is 36.4 Å². The van der Waals surface area contributed by atoms with E-state index in [4.69, 9.17) is 0 Å². The van der Waals surface area contributed by atoms with Crippen molar-refractivity contribution in [3.63, 3.8) is 0 Å². The molecule has 0 N–H and O–H groups in total. The van der Waals surface area contributed by atoms with Crippen molar-refractivity contribution in [2.75, 3.05) is 4.90 Å². The predicted octanol–water partition coefficient (Wildman–Crippen LogP) is 4.39. The van der Waals surface area contributed by atoms with Crippen molar-refractivity contribution < 1.29 is 4.79 Å². The first-order valence-corrected chi connectivity index (χ1v) is 9.36. The Labute approximate surface area is 143 Å². The van der Waals surface area contributed by atoms with E-state index in [-0.39, 0.29) is 11.9 Å². The Morgan fingerprint density at radius 3 is 2.96 bits per heavy atom. The molecule has 3 aromatic rings. The largest absolute Gasteiger partial charge is 0.309 e. The van der Waals surface area contributed by atoms with Crippen molar-refractivity contribution >= 4 is 34.3 Å². The van der Waals surface area contributed by atoms with Crippen LogP contribution >= 0.6 is 22.7 Å². The third-order valence-electron chi connectivity index (χ3n) is 4.09. The fraction of sp³-hybridized carbons (Fsp3) is 0.222. The number of carbonyl (C=O) groups is 1. The molecule has 23 heavy (non-hydrogen) atoms. The molecule has 0 spiro atoms. The molecule has 0 fully saturated rings. The predicted molar refractivity (Wildman–Crippen MR) is 96.2 cm³/mol. The highest BCUT2D eigenvalue weighted by Crippen LogP contribution is 2.33. The molecule has 1 amide bonds. The number of nitrogens with zero attached hydrogens (tertiary/aromatic N) is 2. The van der Waals surface area contributed by atoms with Gasteiger partial charge in [-0.2, -0.15) is 0 Å². The van der Waals surface area contributed by atoms with E-state index in [9.17, 15) is 4.79 Å². The monoisotopic (exact) mass is 340 g/mol. The lowest BCUT2D eigenvalue weighted by atomic mass is 10.1. The Morgan fingerprint density at radius 2 is 2.13 bits per heavy atom. The normalized spacial score (nSPS) is 16.6. The molecule has 1 unspecified atom stereocenters. The van der Waals surface area contributed by atoms with Crippen molar-refractivity contribution in [2.45, 2.75) is 25.8 Å². The van der Waals surface area contributed by atoms with Gasteiger partial charge in [0.15, 0.2) is 0 Å². The third kappa shape index (κ3) is 2.71. The molecule has 116 valence electrons. The Kier molecular flexibility index (Phi) is 3.75. The molecule has 1 aliphatic rings. The highest BCUT2D eigenvalue weighted by Gasteiger charge is 2.30. The van der Waals surface area contributed by atoms with Gasteiger partial charge in [-0.1, -0.05) is 24.3 Å². The van der Waals surface area contributed by atoms with E-state index in [1.807, 2.05) is 39.9 Å². The Hall–Kier alpha value is -1.98. The topological polar surface area (TPSA) is 33.2 Å². The molecule has 0 radical (unpaired) electrons. The van der Waals surface area contributed by atoms with Gasteiger partial charge < -0.3 is 4.90 Å². The van der Waals surface area contributed by atoms with Gasteiger partial charge in [0.25, 0.3) is 0 Å². The molecule has 0 saturated carbocycles. The summed E-state index contributed by atoms with van der Waals surface area (Å²) in [6, 6.07) is 12.5. The van der Waals surface area contributed by atoms with Crippen LogP contribution in [0.4, 0.5) is 5.69 Å². The van der Waals surface area contributed by atoms with Crippen LogP contribution in [0.25, 0.3) is 9.88 Å². The minimum atomic E-state index is 0.130. The van der Waals surface area contributed by atoms with Crippen molar-refractivity contribution in [1.29, 1.82) is 0 Å². The average molecular weight is 340 g/mol. The molecule has 1 atom stereocenters. The lowest BCUT2D eigenvalue weighted by molar-refractivity contribution is -0.118. The van der Waals surface area contributed by atoms with Crippen LogP contribution in [0.2, 0.25) is 0 Å². The molecule has 4 rings (SSSR count). The van der Waals surface area contributed by atoms with Gasteiger partial charge in [0.2, 0.25) is 5.91 Å². The molecule has 1 aliphatic heterocycles. The summed E-state index contributed by atoms with van der Waals surface area (Å²) in [6.45, 7) is 2.11. The fourth-order valence-electron chi connectivity index (χ4n) is 3.09. The lowest BCUT2D eigenvalue weighted by Crippen LogP contribution is -2.36. The van der Waals surface area contributed by atoms with Gasteiger partial charge in [0.1, 0.15) is 5.01 Å². The molecule has 1 aromatic carbocycles. The summed E-state index contributed by atoms with van der Waals surface area (Å²) in [5.74, 6) is 0.130. The van der Waals surface area contributed by atoms with Gasteiger partial charge in [-0.25, -0.2) is 4.98 Å². The summed E-state index contributed by atoms with van der Waals surface area (Å²) in [4.78, 5) is 20.5. The van der Waals surface area contributed by atoms with Crippen LogP contribution in [-0.2, 0) is 17.6 Å². The number of rotatable bonds is 3. The van der Waals surface area contributed by atoms with Crippen molar-refractivity contribution in [3.05, 3.63) is 58.4 Å².